The van der Waals surface area contributed by atoms with Crippen LogP contribution in [0, 0.1) is 0 Å². The lowest BCUT2D eigenvalue weighted by Gasteiger charge is -2.43. The lowest BCUT2D eigenvalue weighted by Crippen LogP contribution is -2.39. The molecule has 0 aromatic heterocycles. The maximum atomic E-state index is 12.5. The van der Waals surface area contributed by atoms with Crippen molar-refractivity contribution in [2.24, 2.45) is 0 Å². The van der Waals surface area contributed by atoms with E-state index in [0.29, 0.717) is 0 Å². The van der Waals surface area contributed by atoms with Gasteiger partial charge in [-0.05, 0) is 53.1 Å². The number of ether oxygens (including phenoxy) is 3. The van der Waals surface area contributed by atoms with Gasteiger partial charge in [0.05, 0.1) is 17.9 Å². The molecular formula is C45H38O18. The Morgan fingerprint density at radius 2 is 0.778 bits per heavy atom. The van der Waals surface area contributed by atoms with Gasteiger partial charge in [0.25, 0.3) is 0 Å². The minimum absolute atomic E-state index is 0.0127. The summed E-state index contributed by atoms with van der Waals surface area (Å²) in [6, 6.07) is 14.4. The van der Waals surface area contributed by atoms with Gasteiger partial charge in [-0.15, -0.1) is 0 Å². The molecule has 18 nitrogen and oxygen atoms in total. The Balaban J connectivity index is 1.31. The van der Waals surface area contributed by atoms with Crippen LogP contribution in [0.1, 0.15) is 74.7 Å². The molecule has 0 bridgehead atoms. The number of benzene rings is 6. The molecule has 8 atom stereocenters. The van der Waals surface area contributed by atoms with Crippen molar-refractivity contribution in [3.05, 3.63) is 123 Å². The highest BCUT2D eigenvalue weighted by Crippen LogP contribution is 2.62. The van der Waals surface area contributed by atoms with Gasteiger partial charge in [0.1, 0.15) is 70.1 Å². The first-order valence-corrected chi connectivity index (χ1v) is 19.3. The molecule has 0 saturated carbocycles. The van der Waals surface area contributed by atoms with Gasteiger partial charge >= 0.3 is 0 Å². The average Bonchev–Trinajstić information content (AvgIpc) is 3.22. The van der Waals surface area contributed by atoms with Crippen LogP contribution < -0.4 is 14.2 Å². The molecule has 3 heterocycles. The Kier molecular flexibility index (Phi) is 9.46. The van der Waals surface area contributed by atoms with E-state index >= 15 is 0 Å². The minimum Gasteiger partial charge on any atom is -0.508 e. The van der Waals surface area contributed by atoms with Crippen LogP contribution in [0.3, 0.4) is 0 Å². The normalized spacial score (nSPS) is 23.6. The lowest BCUT2D eigenvalue weighted by atomic mass is 9.73. The number of phenols is 12. The number of rotatable bonds is 5. The molecule has 0 fully saturated rings. The first-order valence-electron chi connectivity index (χ1n) is 19.3. The summed E-state index contributed by atoms with van der Waals surface area (Å²) in [5.41, 5.74) is -1.10. The summed E-state index contributed by atoms with van der Waals surface area (Å²) in [7, 11) is 0. The molecular weight excluding hydrogens is 828 g/mol. The summed E-state index contributed by atoms with van der Waals surface area (Å²) in [6.45, 7) is 0. The second kappa shape index (κ2) is 14.7. The highest BCUT2D eigenvalue weighted by atomic mass is 16.5. The third-order valence-electron chi connectivity index (χ3n) is 11.8. The third kappa shape index (κ3) is 6.46. The van der Waals surface area contributed by atoms with E-state index < -0.39 is 123 Å². The standard InChI is InChI=1S/C45H38O18/c46-18-10-27(54)33-32(11-18)61-42(16-2-5-21(48)25(52)8-16)39(59)37(33)35-29(56)14-30(57)36-38(40(60)43(63-45(35)36)17-3-6-22(49)26(53)9-17)34-28(55)13-23(50)19-12-31(58)41(62-44(19)34)15-1-4-20(47)24(51)7-15/h1-11,13-14,31,37-43,46-60H,12H2/t31-,37-,38-,39-,40-,41-,42-,43-/m1/s1. The molecule has 6 aromatic rings. The van der Waals surface area contributed by atoms with Crippen LogP contribution in [0.25, 0.3) is 0 Å². The molecule has 15 N–H and O–H groups in total. The topological polar surface area (TPSA) is 331 Å². The zero-order valence-corrected chi connectivity index (χ0v) is 32.3. The van der Waals surface area contributed by atoms with Gasteiger partial charge in [-0.3, -0.25) is 0 Å². The summed E-state index contributed by atoms with van der Waals surface area (Å²) < 4.78 is 18.9. The molecule has 6 aromatic carbocycles. The Hall–Kier alpha value is -7.80. The predicted octanol–water partition coefficient (Wildman–Crippen LogP) is 4.44. The number of aliphatic hydroxyl groups is 3. The average molecular weight is 867 g/mol. The van der Waals surface area contributed by atoms with E-state index in [2.05, 4.69) is 0 Å². The van der Waals surface area contributed by atoms with Gasteiger partial charge in [0, 0.05) is 58.5 Å². The van der Waals surface area contributed by atoms with Crippen LogP contribution in [0.4, 0.5) is 0 Å². The van der Waals surface area contributed by atoms with E-state index in [-0.39, 0.29) is 62.4 Å². The van der Waals surface area contributed by atoms with Crippen LogP contribution in [-0.4, -0.2) is 94.9 Å². The SMILES string of the molecule is Oc1cc(O)c2c(c1)O[C@H](c1ccc(O)c(O)c1)[C@H](O)[C@H]2c1c(O)cc(O)c2c1O[C@H](c1ccc(O)c(O)c1)[C@H](O)[C@@H]2c1c(O)cc(O)c2c1O[C@H](c1ccc(O)c(O)c1)[C@H](O)C2. The van der Waals surface area contributed by atoms with Gasteiger partial charge in [0.15, 0.2) is 46.7 Å². The van der Waals surface area contributed by atoms with E-state index in [9.17, 15) is 76.6 Å². The Bertz CT molecular complexity index is 2840. The van der Waals surface area contributed by atoms with Gasteiger partial charge in [-0.2, -0.15) is 0 Å². The van der Waals surface area contributed by atoms with E-state index in [1.807, 2.05) is 0 Å². The van der Waals surface area contributed by atoms with Crippen molar-refractivity contribution in [3.63, 3.8) is 0 Å². The van der Waals surface area contributed by atoms with E-state index in [0.717, 1.165) is 60.7 Å². The third-order valence-corrected chi connectivity index (χ3v) is 11.8. The summed E-state index contributed by atoms with van der Waals surface area (Å²) in [4.78, 5) is 0. The second-order valence-corrected chi connectivity index (χ2v) is 15.7. The zero-order valence-electron chi connectivity index (χ0n) is 32.3. The highest BCUT2D eigenvalue weighted by Gasteiger charge is 2.51. The number of phenolic OH excluding ortho intramolecular Hbond substituents is 12. The number of hydrogen-bond acceptors (Lipinski definition) is 18. The molecule has 0 amide bonds. The quantitative estimate of drug-likeness (QED) is 0.106. The summed E-state index contributed by atoms with van der Waals surface area (Å²) in [5.74, 6) is -11.5. The second-order valence-electron chi connectivity index (χ2n) is 15.7. The Morgan fingerprint density at radius 1 is 0.365 bits per heavy atom. The highest BCUT2D eigenvalue weighted by molar-refractivity contribution is 5.70. The molecule has 0 aliphatic carbocycles. The van der Waals surface area contributed by atoms with Crippen molar-refractivity contribution < 1.29 is 90.8 Å². The predicted molar refractivity (Wildman–Crippen MR) is 214 cm³/mol. The Morgan fingerprint density at radius 3 is 1.29 bits per heavy atom. The summed E-state index contributed by atoms with van der Waals surface area (Å²) in [6.07, 6.45) is -9.93. The molecule has 0 saturated heterocycles. The molecule has 18 heteroatoms. The van der Waals surface area contributed by atoms with Crippen molar-refractivity contribution in [3.8, 4) is 86.2 Å². The van der Waals surface area contributed by atoms with Crippen molar-refractivity contribution >= 4 is 0 Å². The van der Waals surface area contributed by atoms with Crippen LogP contribution in [0.2, 0.25) is 0 Å². The van der Waals surface area contributed by atoms with E-state index in [4.69, 9.17) is 14.2 Å². The Labute approximate surface area is 354 Å². The molecule has 3 aliphatic rings. The van der Waals surface area contributed by atoms with Crippen LogP contribution >= 0.6 is 0 Å². The first-order chi connectivity index (χ1) is 29.9. The first kappa shape index (κ1) is 40.6. The van der Waals surface area contributed by atoms with Gasteiger partial charge in [0.2, 0.25) is 0 Å². The molecule has 3 aliphatic heterocycles. The van der Waals surface area contributed by atoms with E-state index in [1.54, 1.807) is 0 Å². The van der Waals surface area contributed by atoms with Gasteiger partial charge < -0.3 is 90.8 Å². The maximum Gasteiger partial charge on any atom is 0.157 e. The molecule has 0 radical (unpaired) electrons. The summed E-state index contributed by atoms with van der Waals surface area (Å²) >= 11 is 0. The molecule has 63 heavy (non-hydrogen) atoms. The van der Waals surface area contributed by atoms with Gasteiger partial charge in [-0.1, -0.05) is 18.2 Å². The fourth-order valence-corrected chi connectivity index (χ4v) is 8.94. The largest absolute Gasteiger partial charge is 0.508 e. The number of fused-ring (bicyclic) bond motifs is 3. The van der Waals surface area contributed by atoms with Crippen LogP contribution in [0.5, 0.6) is 86.2 Å². The van der Waals surface area contributed by atoms with Crippen molar-refractivity contribution in [1.82, 2.24) is 0 Å². The number of aliphatic hydroxyl groups excluding tert-OH is 3. The lowest BCUT2D eigenvalue weighted by molar-refractivity contribution is -0.00562. The van der Waals surface area contributed by atoms with E-state index in [1.165, 1.54) is 18.2 Å². The molecule has 0 unspecified atom stereocenters. The monoisotopic (exact) mass is 866 g/mol. The zero-order chi connectivity index (χ0) is 44.9. The molecule has 0 spiro atoms. The van der Waals surface area contributed by atoms with Crippen molar-refractivity contribution in [1.29, 1.82) is 0 Å². The number of aromatic hydroxyl groups is 12. The minimum atomic E-state index is -1.90. The molecule has 9 rings (SSSR count). The van der Waals surface area contributed by atoms with Crippen molar-refractivity contribution in [2.45, 2.75) is 54.9 Å². The fraction of sp³-hybridized carbons (Fsp3) is 0.200. The summed E-state index contributed by atoms with van der Waals surface area (Å²) in [5, 5.41) is 166. The van der Waals surface area contributed by atoms with Crippen molar-refractivity contribution in [2.75, 3.05) is 0 Å². The van der Waals surface area contributed by atoms with Crippen LogP contribution in [0.15, 0.2) is 78.9 Å². The fourth-order valence-electron chi connectivity index (χ4n) is 8.94. The number of hydrogen-bond donors (Lipinski definition) is 15. The molecule has 326 valence electrons. The van der Waals surface area contributed by atoms with Crippen LogP contribution in [-0.2, 0) is 6.42 Å². The smallest absolute Gasteiger partial charge is 0.157 e. The maximum absolute atomic E-state index is 12.5. The van der Waals surface area contributed by atoms with Gasteiger partial charge in [-0.25, -0.2) is 0 Å².